The van der Waals surface area contributed by atoms with E-state index in [0.29, 0.717) is 9.88 Å². The molecule has 0 saturated heterocycles. The summed E-state index contributed by atoms with van der Waals surface area (Å²) in [4.78, 5) is 15.4. The highest BCUT2D eigenvalue weighted by molar-refractivity contribution is 7.89. The van der Waals surface area contributed by atoms with Gasteiger partial charge in [0.25, 0.3) is 0 Å². The van der Waals surface area contributed by atoms with Gasteiger partial charge in [-0.1, -0.05) is 0 Å². The summed E-state index contributed by atoms with van der Waals surface area (Å²) >= 11 is 2.29. The van der Waals surface area contributed by atoms with E-state index >= 15 is 0 Å². The second kappa shape index (κ2) is 5.60. The Balaban J connectivity index is 2.29. The van der Waals surface area contributed by atoms with Crippen molar-refractivity contribution in [2.24, 2.45) is 0 Å². The van der Waals surface area contributed by atoms with Crippen LogP contribution in [0.15, 0.2) is 22.5 Å². The zero-order chi connectivity index (χ0) is 14.9. The smallest absolute Gasteiger partial charge is 0.345 e. The van der Waals surface area contributed by atoms with Crippen molar-refractivity contribution >= 4 is 38.7 Å². The van der Waals surface area contributed by atoms with Crippen molar-refractivity contribution < 1.29 is 18.3 Å². The standard InChI is InChI=1S/C11H12N2O4S3/c1-6(10-12-3-4-18-10)13-20(16,17)9-5-8(11(14)15)19-7(9)2/h3-6,13H,1-2H3,(H,14,15). The minimum absolute atomic E-state index is 0.00306. The zero-order valence-electron chi connectivity index (χ0n) is 10.7. The van der Waals surface area contributed by atoms with Crippen molar-refractivity contribution in [2.45, 2.75) is 24.8 Å². The maximum absolute atomic E-state index is 12.3. The Bertz CT molecular complexity index is 719. The van der Waals surface area contributed by atoms with Crippen LogP contribution in [0.2, 0.25) is 0 Å². The highest BCUT2D eigenvalue weighted by atomic mass is 32.2. The van der Waals surface area contributed by atoms with E-state index in [1.807, 2.05) is 0 Å². The minimum atomic E-state index is -3.77. The van der Waals surface area contributed by atoms with Gasteiger partial charge in [-0.2, -0.15) is 0 Å². The summed E-state index contributed by atoms with van der Waals surface area (Å²) < 4.78 is 27.0. The van der Waals surface area contributed by atoms with Gasteiger partial charge in [-0.3, -0.25) is 0 Å². The molecule has 9 heteroatoms. The molecule has 2 N–H and O–H groups in total. The highest BCUT2D eigenvalue weighted by Crippen LogP contribution is 2.27. The third-order valence-corrected chi connectivity index (χ3v) is 6.32. The fraction of sp³-hybridized carbons (Fsp3) is 0.273. The van der Waals surface area contributed by atoms with Crippen LogP contribution in [0.1, 0.15) is 32.5 Å². The third-order valence-electron chi connectivity index (χ3n) is 2.53. The number of nitrogens with zero attached hydrogens (tertiary/aromatic N) is 1. The van der Waals surface area contributed by atoms with Gasteiger partial charge < -0.3 is 5.11 Å². The number of carboxylic acids is 1. The number of rotatable bonds is 5. The molecule has 0 aliphatic rings. The predicted molar refractivity (Wildman–Crippen MR) is 76.9 cm³/mol. The Labute approximate surface area is 124 Å². The lowest BCUT2D eigenvalue weighted by Crippen LogP contribution is -2.27. The second-order valence-electron chi connectivity index (χ2n) is 4.05. The Kier molecular flexibility index (Phi) is 4.23. The number of aryl methyl sites for hydroxylation is 1. The van der Waals surface area contributed by atoms with Crippen molar-refractivity contribution in [3.05, 3.63) is 32.4 Å². The number of carbonyl (C=O) groups is 1. The van der Waals surface area contributed by atoms with Crippen LogP contribution in [-0.2, 0) is 10.0 Å². The minimum Gasteiger partial charge on any atom is -0.477 e. The number of thiophene rings is 1. The SMILES string of the molecule is Cc1sc(C(=O)O)cc1S(=O)(=O)NC(C)c1nccs1. The number of nitrogens with one attached hydrogen (secondary N) is 1. The molecule has 0 aliphatic heterocycles. The van der Waals surface area contributed by atoms with E-state index in [4.69, 9.17) is 5.11 Å². The number of hydrogen-bond acceptors (Lipinski definition) is 6. The highest BCUT2D eigenvalue weighted by Gasteiger charge is 2.24. The molecule has 0 aromatic carbocycles. The first-order valence-electron chi connectivity index (χ1n) is 5.56. The lowest BCUT2D eigenvalue weighted by molar-refractivity contribution is 0.0702. The molecule has 2 heterocycles. The molecule has 0 amide bonds. The van der Waals surface area contributed by atoms with Crippen LogP contribution in [-0.4, -0.2) is 24.5 Å². The number of thiazole rings is 1. The summed E-state index contributed by atoms with van der Waals surface area (Å²) in [6.45, 7) is 3.27. The van der Waals surface area contributed by atoms with Gasteiger partial charge in [0, 0.05) is 16.5 Å². The van der Waals surface area contributed by atoms with Gasteiger partial charge in [0.1, 0.15) is 9.88 Å². The zero-order valence-corrected chi connectivity index (χ0v) is 13.1. The molecular weight excluding hydrogens is 320 g/mol. The molecule has 108 valence electrons. The molecule has 0 fully saturated rings. The lowest BCUT2D eigenvalue weighted by atomic mass is 10.4. The van der Waals surface area contributed by atoms with Gasteiger partial charge >= 0.3 is 5.97 Å². The molecule has 2 aromatic heterocycles. The van der Waals surface area contributed by atoms with Crippen molar-refractivity contribution in [2.75, 3.05) is 0 Å². The number of carboxylic acid groups (broad SMARTS) is 1. The molecule has 1 atom stereocenters. The van der Waals surface area contributed by atoms with Gasteiger partial charge in [-0.05, 0) is 19.9 Å². The monoisotopic (exact) mass is 332 g/mol. The number of sulfonamides is 1. The topological polar surface area (TPSA) is 96.4 Å². The van der Waals surface area contributed by atoms with Crippen molar-refractivity contribution in [3.8, 4) is 0 Å². The molecule has 2 rings (SSSR count). The fourth-order valence-electron chi connectivity index (χ4n) is 1.63. The molecule has 0 radical (unpaired) electrons. The van der Waals surface area contributed by atoms with Crippen LogP contribution in [0.4, 0.5) is 0 Å². The summed E-state index contributed by atoms with van der Waals surface area (Å²) in [5.74, 6) is -1.13. The van der Waals surface area contributed by atoms with Crippen LogP contribution in [0.3, 0.4) is 0 Å². The van der Waals surface area contributed by atoms with Crippen LogP contribution in [0.25, 0.3) is 0 Å². The van der Waals surface area contributed by atoms with E-state index in [1.165, 1.54) is 17.4 Å². The maximum atomic E-state index is 12.3. The molecule has 2 aromatic rings. The second-order valence-corrected chi connectivity index (χ2v) is 7.91. The third kappa shape index (κ3) is 3.06. The van der Waals surface area contributed by atoms with E-state index in [-0.39, 0.29) is 9.77 Å². The van der Waals surface area contributed by atoms with Gasteiger partial charge in [0.05, 0.1) is 10.9 Å². The molecule has 0 bridgehead atoms. The van der Waals surface area contributed by atoms with E-state index in [9.17, 15) is 13.2 Å². The summed E-state index contributed by atoms with van der Waals surface area (Å²) in [7, 11) is -3.77. The number of aromatic nitrogens is 1. The van der Waals surface area contributed by atoms with Gasteiger partial charge in [0.2, 0.25) is 10.0 Å². The molecular formula is C11H12N2O4S3. The first-order chi connectivity index (χ1) is 9.31. The Morgan fingerprint density at radius 1 is 1.50 bits per heavy atom. The van der Waals surface area contributed by atoms with Crippen molar-refractivity contribution in [1.29, 1.82) is 0 Å². The summed E-state index contributed by atoms with van der Waals surface area (Å²) in [5, 5.41) is 11.3. The number of aromatic carboxylic acids is 1. The quantitative estimate of drug-likeness (QED) is 0.875. The Morgan fingerprint density at radius 3 is 2.70 bits per heavy atom. The van der Waals surface area contributed by atoms with Crippen LogP contribution < -0.4 is 4.72 Å². The summed E-state index contributed by atoms with van der Waals surface area (Å²) in [6.07, 6.45) is 1.60. The largest absolute Gasteiger partial charge is 0.477 e. The molecule has 0 aliphatic carbocycles. The van der Waals surface area contributed by atoms with Crippen LogP contribution in [0, 0.1) is 6.92 Å². The number of hydrogen-bond donors (Lipinski definition) is 2. The maximum Gasteiger partial charge on any atom is 0.345 e. The Hall–Kier alpha value is -1.29. The van der Waals surface area contributed by atoms with Crippen molar-refractivity contribution in [3.63, 3.8) is 0 Å². The lowest BCUT2D eigenvalue weighted by Gasteiger charge is -2.11. The molecule has 1 unspecified atom stereocenters. The van der Waals surface area contributed by atoms with E-state index < -0.39 is 22.0 Å². The van der Waals surface area contributed by atoms with E-state index in [1.54, 1.807) is 25.4 Å². The summed E-state index contributed by atoms with van der Waals surface area (Å²) in [6, 6.07) is 0.715. The van der Waals surface area contributed by atoms with Crippen LogP contribution in [0.5, 0.6) is 0 Å². The van der Waals surface area contributed by atoms with Crippen molar-refractivity contribution in [1.82, 2.24) is 9.71 Å². The molecule has 6 nitrogen and oxygen atoms in total. The Morgan fingerprint density at radius 2 is 2.20 bits per heavy atom. The molecule has 0 spiro atoms. The van der Waals surface area contributed by atoms with E-state index in [2.05, 4.69) is 9.71 Å². The summed E-state index contributed by atoms with van der Waals surface area (Å²) in [5.41, 5.74) is 0. The van der Waals surface area contributed by atoms with Gasteiger partial charge in [-0.25, -0.2) is 22.9 Å². The van der Waals surface area contributed by atoms with Gasteiger partial charge in [-0.15, -0.1) is 22.7 Å². The average Bonchev–Trinajstić information content (AvgIpc) is 2.96. The first-order valence-corrected chi connectivity index (χ1v) is 8.74. The van der Waals surface area contributed by atoms with Gasteiger partial charge in [0.15, 0.2) is 0 Å². The first kappa shape index (κ1) is 15.1. The molecule has 0 saturated carbocycles. The fourth-order valence-corrected chi connectivity index (χ4v) is 4.99. The average molecular weight is 332 g/mol. The molecule has 20 heavy (non-hydrogen) atoms. The van der Waals surface area contributed by atoms with Crippen LogP contribution >= 0.6 is 22.7 Å². The normalized spacial score (nSPS) is 13.3. The predicted octanol–water partition coefficient (Wildman–Crippen LogP) is 2.25. The van der Waals surface area contributed by atoms with E-state index in [0.717, 1.165) is 11.3 Å².